The summed E-state index contributed by atoms with van der Waals surface area (Å²) in [7, 11) is 1.90. The number of aromatic nitrogens is 2. The zero-order valence-electron chi connectivity index (χ0n) is 12.3. The maximum absolute atomic E-state index is 4.63. The van der Waals surface area contributed by atoms with Crippen LogP contribution in [0.3, 0.4) is 0 Å². The molecule has 2 rings (SSSR count). The van der Waals surface area contributed by atoms with Crippen LogP contribution in [-0.2, 0) is 0 Å². The average molecular weight is 280 g/mol. The fraction of sp³-hybridized carbons (Fsp3) is 0.714. The highest BCUT2D eigenvalue weighted by Crippen LogP contribution is 2.28. The van der Waals surface area contributed by atoms with Crippen molar-refractivity contribution in [2.24, 2.45) is 11.8 Å². The molecule has 0 bridgehead atoms. The van der Waals surface area contributed by atoms with E-state index in [-0.39, 0.29) is 0 Å². The van der Waals surface area contributed by atoms with Gasteiger partial charge >= 0.3 is 0 Å². The SMILES string of the molecule is CNc1cc(N2CCC(C(C)C)CC2)nc(SC)n1. The van der Waals surface area contributed by atoms with Gasteiger partial charge in [-0.1, -0.05) is 25.6 Å². The molecule has 0 atom stereocenters. The van der Waals surface area contributed by atoms with Crippen molar-refractivity contribution in [3.8, 4) is 0 Å². The largest absolute Gasteiger partial charge is 0.373 e. The fourth-order valence-electron chi connectivity index (χ4n) is 2.59. The van der Waals surface area contributed by atoms with E-state index in [1.54, 1.807) is 11.8 Å². The van der Waals surface area contributed by atoms with Crippen LogP contribution in [0.25, 0.3) is 0 Å². The van der Waals surface area contributed by atoms with Crippen LogP contribution in [0.4, 0.5) is 11.6 Å². The Balaban J connectivity index is 2.10. The smallest absolute Gasteiger partial charge is 0.191 e. The molecule has 0 amide bonds. The van der Waals surface area contributed by atoms with E-state index in [0.717, 1.165) is 41.7 Å². The molecule has 0 radical (unpaired) electrons. The van der Waals surface area contributed by atoms with Gasteiger partial charge in [0, 0.05) is 26.2 Å². The Morgan fingerprint density at radius 1 is 1.32 bits per heavy atom. The number of hydrogen-bond donors (Lipinski definition) is 1. The number of thioether (sulfide) groups is 1. The second kappa shape index (κ2) is 6.46. The van der Waals surface area contributed by atoms with Crippen molar-refractivity contribution >= 4 is 23.4 Å². The average Bonchev–Trinajstić information content (AvgIpc) is 2.46. The van der Waals surface area contributed by atoms with Gasteiger partial charge in [-0.3, -0.25) is 0 Å². The number of piperidine rings is 1. The van der Waals surface area contributed by atoms with Crippen molar-refractivity contribution in [2.45, 2.75) is 31.8 Å². The lowest BCUT2D eigenvalue weighted by Gasteiger charge is -2.34. The molecule has 0 aliphatic carbocycles. The van der Waals surface area contributed by atoms with Crippen LogP contribution in [0.5, 0.6) is 0 Å². The summed E-state index contributed by atoms with van der Waals surface area (Å²) >= 11 is 1.59. The lowest BCUT2D eigenvalue weighted by Crippen LogP contribution is -2.35. The maximum Gasteiger partial charge on any atom is 0.191 e. The Hall–Kier alpha value is -0.970. The summed E-state index contributed by atoms with van der Waals surface area (Å²) in [5.41, 5.74) is 0. The van der Waals surface area contributed by atoms with Gasteiger partial charge in [-0.25, -0.2) is 9.97 Å². The Morgan fingerprint density at radius 2 is 2.00 bits per heavy atom. The van der Waals surface area contributed by atoms with Gasteiger partial charge < -0.3 is 10.2 Å². The highest BCUT2D eigenvalue weighted by Gasteiger charge is 2.22. The molecular formula is C14H24N4S. The molecule has 19 heavy (non-hydrogen) atoms. The molecule has 1 fully saturated rings. The number of hydrogen-bond acceptors (Lipinski definition) is 5. The first-order valence-corrected chi connectivity index (χ1v) is 8.22. The van der Waals surface area contributed by atoms with Crippen molar-refractivity contribution in [3.05, 3.63) is 6.07 Å². The summed E-state index contributed by atoms with van der Waals surface area (Å²) in [5.74, 6) is 3.62. The van der Waals surface area contributed by atoms with Crippen molar-refractivity contribution in [3.63, 3.8) is 0 Å². The molecule has 1 aliphatic heterocycles. The Labute approximate surface area is 120 Å². The fourth-order valence-corrected chi connectivity index (χ4v) is 2.96. The summed E-state index contributed by atoms with van der Waals surface area (Å²) in [4.78, 5) is 11.4. The van der Waals surface area contributed by atoms with E-state index in [0.29, 0.717) is 0 Å². The van der Waals surface area contributed by atoms with Gasteiger partial charge in [0.1, 0.15) is 11.6 Å². The molecule has 0 spiro atoms. The van der Waals surface area contributed by atoms with E-state index < -0.39 is 0 Å². The molecule has 5 heteroatoms. The van der Waals surface area contributed by atoms with Crippen LogP contribution in [-0.4, -0.2) is 36.4 Å². The Morgan fingerprint density at radius 3 is 2.53 bits per heavy atom. The topological polar surface area (TPSA) is 41.0 Å². The molecule has 1 N–H and O–H groups in total. The summed E-state index contributed by atoms with van der Waals surface area (Å²) in [6.07, 6.45) is 4.56. The zero-order valence-corrected chi connectivity index (χ0v) is 13.1. The summed E-state index contributed by atoms with van der Waals surface area (Å²) in [5, 5.41) is 3.96. The molecule has 106 valence electrons. The third-order valence-corrected chi connectivity index (χ3v) is 4.48. The minimum Gasteiger partial charge on any atom is -0.373 e. The van der Waals surface area contributed by atoms with Gasteiger partial charge in [-0.05, 0) is 30.9 Å². The normalized spacial score (nSPS) is 17.0. The van der Waals surface area contributed by atoms with Gasteiger partial charge in [0.15, 0.2) is 5.16 Å². The molecule has 2 heterocycles. The number of nitrogens with zero attached hydrogens (tertiary/aromatic N) is 3. The zero-order chi connectivity index (χ0) is 13.8. The third-order valence-electron chi connectivity index (χ3n) is 3.94. The molecule has 1 saturated heterocycles. The first-order chi connectivity index (χ1) is 9.13. The van der Waals surface area contributed by atoms with Crippen LogP contribution in [0.1, 0.15) is 26.7 Å². The second-order valence-corrected chi connectivity index (χ2v) is 6.19. The summed E-state index contributed by atoms with van der Waals surface area (Å²) < 4.78 is 0. The second-order valence-electron chi connectivity index (χ2n) is 5.42. The van der Waals surface area contributed by atoms with Crippen LogP contribution in [0, 0.1) is 11.8 Å². The van der Waals surface area contributed by atoms with Gasteiger partial charge in [-0.15, -0.1) is 0 Å². The molecule has 4 nitrogen and oxygen atoms in total. The van der Waals surface area contributed by atoms with E-state index in [1.807, 2.05) is 13.3 Å². The van der Waals surface area contributed by atoms with E-state index in [4.69, 9.17) is 0 Å². The van der Waals surface area contributed by atoms with E-state index >= 15 is 0 Å². The molecular weight excluding hydrogens is 256 g/mol. The third kappa shape index (κ3) is 3.53. The molecule has 0 unspecified atom stereocenters. The van der Waals surface area contributed by atoms with Crippen LogP contribution >= 0.6 is 11.8 Å². The van der Waals surface area contributed by atoms with Gasteiger partial charge in [0.05, 0.1) is 0 Å². The van der Waals surface area contributed by atoms with Crippen molar-refractivity contribution in [1.82, 2.24) is 9.97 Å². The highest BCUT2D eigenvalue weighted by molar-refractivity contribution is 7.98. The first kappa shape index (κ1) is 14.4. The van der Waals surface area contributed by atoms with Gasteiger partial charge in [0.25, 0.3) is 0 Å². The van der Waals surface area contributed by atoms with E-state index in [9.17, 15) is 0 Å². The quantitative estimate of drug-likeness (QED) is 0.678. The summed E-state index contributed by atoms with van der Waals surface area (Å²) in [6, 6.07) is 2.05. The van der Waals surface area contributed by atoms with Crippen LogP contribution in [0.15, 0.2) is 11.2 Å². The van der Waals surface area contributed by atoms with Crippen LogP contribution < -0.4 is 10.2 Å². The maximum atomic E-state index is 4.63. The lowest BCUT2D eigenvalue weighted by molar-refractivity contribution is 0.310. The van der Waals surface area contributed by atoms with Gasteiger partial charge in [-0.2, -0.15) is 0 Å². The minimum absolute atomic E-state index is 0.794. The number of rotatable bonds is 4. The van der Waals surface area contributed by atoms with Crippen molar-refractivity contribution < 1.29 is 0 Å². The van der Waals surface area contributed by atoms with E-state index in [2.05, 4.69) is 40.1 Å². The predicted octanol–water partition coefficient (Wildman–Crippen LogP) is 3.11. The Bertz CT molecular complexity index is 392. The number of anilines is 2. The molecule has 1 aromatic rings. The lowest BCUT2D eigenvalue weighted by atomic mass is 9.87. The monoisotopic (exact) mass is 280 g/mol. The van der Waals surface area contributed by atoms with Crippen LogP contribution in [0.2, 0.25) is 0 Å². The Kier molecular flexibility index (Phi) is 4.91. The highest BCUT2D eigenvalue weighted by atomic mass is 32.2. The van der Waals surface area contributed by atoms with Crippen molar-refractivity contribution in [1.29, 1.82) is 0 Å². The minimum atomic E-state index is 0.794. The predicted molar refractivity (Wildman–Crippen MR) is 83.1 cm³/mol. The van der Waals surface area contributed by atoms with Crippen molar-refractivity contribution in [2.75, 3.05) is 36.6 Å². The molecule has 0 saturated carbocycles. The molecule has 0 aromatic carbocycles. The first-order valence-electron chi connectivity index (χ1n) is 6.99. The summed E-state index contributed by atoms with van der Waals surface area (Å²) in [6.45, 7) is 6.87. The molecule has 1 aliphatic rings. The molecule has 1 aromatic heterocycles. The standard InChI is InChI=1S/C14H24N4S/c1-10(2)11-5-7-18(8-6-11)13-9-12(15-3)16-14(17-13)19-4/h9-11H,5-8H2,1-4H3,(H,15,16,17). The van der Waals surface area contributed by atoms with Gasteiger partial charge in [0.2, 0.25) is 0 Å². The van der Waals surface area contributed by atoms with E-state index in [1.165, 1.54) is 12.8 Å². The number of nitrogens with one attached hydrogen (secondary N) is 1.